The molecule has 0 spiro atoms. The van der Waals surface area contributed by atoms with Gasteiger partial charge in [0.2, 0.25) is 11.8 Å². The quantitative estimate of drug-likeness (QED) is 0.594. The normalized spacial score (nSPS) is 14.7. The molecule has 2 N–H and O–H groups in total. The highest BCUT2D eigenvalue weighted by atomic mass is 16.5. The summed E-state index contributed by atoms with van der Waals surface area (Å²) in [5, 5.41) is 0. The van der Waals surface area contributed by atoms with Gasteiger partial charge in [-0.3, -0.25) is 14.6 Å². The van der Waals surface area contributed by atoms with Crippen molar-refractivity contribution in [2.45, 2.75) is 33.2 Å². The fourth-order valence-corrected chi connectivity index (χ4v) is 3.79. The molecule has 1 fully saturated rings. The van der Waals surface area contributed by atoms with Crippen LogP contribution in [0.25, 0.3) is 0 Å². The number of amides is 1. The molecule has 1 amide bonds. The number of aryl methyl sites for hydroxylation is 1. The number of morpholine rings is 1. The van der Waals surface area contributed by atoms with Crippen LogP contribution in [0, 0.1) is 6.92 Å². The molecule has 2 aromatic rings. The molecule has 1 aromatic carbocycles. The number of nitrogens with zero attached hydrogens (tertiary/aromatic N) is 3. The first-order valence-electron chi connectivity index (χ1n) is 11.1. The number of aromatic nitrogens is 1. The SMILES string of the molecule is CCCN(CCCN1CCOCC1)Cc1ccc(Oc2ccc(C(N)=O)cn2)cc1C. The third-order valence-corrected chi connectivity index (χ3v) is 5.54. The first-order chi connectivity index (χ1) is 15.0. The van der Waals surface area contributed by atoms with Gasteiger partial charge < -0.3 is 15.2 Å². The highest BCUT2D eigenvalue weighted by Gasteiger charge is 2.12. The fraction of sp³-hybridized carbons (Fsp3) is 0.500. The van der Waals surface area contributed by atoms with E-state index in [-0.39, 0.29) is 0 Å². The Kier molecular flexibility index (Phi) is 8.82. The molecule has 0 aliphatic carbocycles. The molecule has 0 radical (unpaired) electrons. The Morgan fingerprint density at radius 3 is 2.68 bits per heavy atom. The monoisotopic (exact) mass is 426 g/mol. The summed E-state index contributed by atoms with van der Waals surface area (Å²) >= 11 is 0. The van der Waals surface area contributed by atoms with E-state index in [1.54, 1.807) is 12.1 Å². The number of hydrogen-bond donors (Lipinski definition) is 1. The Bertz CT molecular complexity index is 835. The van der Waals surface area contributed by atoms with E-state index in [0.717, 1.165) is 64.7 Å². The average Bonchev–Trinajstić information content (AvgIpc) is 2.77. The van der Waals surface area contributed by atoms with Gasteiger partial charge in [0, 0.05) is 31.9 Å². The first kappa shape index (κ1) is 23.2. The summed E-state index contributed by atoms with van der Waals surface area (Å²) in [6.45, 7) is 12.4. The minimum Gasteiger partial charge on any atom is -0.439 e. The van der Waals surface area contributed by atoms with Crippen LogP contribution in [-0.2, 0) is 11.3 Å². The van der Waals surface area contributed by atoms with E-state index in [2.05, 4.69) is 34.7 Å². The molecule has 1 aromatic heterocycles. The molecule has 0 unspecified atom stereocenters. The van der Waals surface area contributed by atoms with Gasteiger partial charge in [0.05, 0.1) is 18.8 Å². The highest BCUT2D eigenvalue weighted by Crippen LogP contribution is 2.23. The van der Waals surface area contributed by atoms with Crippen molar-refractivity contribution in [1.29, 1.82) is 0 Å². The molecule has 0 saturated carbocycles. The Balaban J connectivity index is 1.54. The van der Waals surface area contributed by atoms with Gasteiger partial charge >= 0.3 is 0 Å². The van der Waals surface area contributed by atoms with Gasteiger partial charge in [0.15, 0.2) is 0 Å². The third kappa shape index (κ3) is 7.31. The van der Waals surface area contributed by atoms with Crippen LogP contribution in [0.4, 0.5) is 0 Å². The second-order valence-electron chi connectivity index (χ2n) is 8.02. The Morgan fingerprint density at radius 2 is 2.03 bits per heavy atom. The maximum Gasteiger partial charge on any atom is 0.250 e. The summed E-state index contributed by atoms with van der Waals surface area (Å²) in [6.07, 6.45) is 3.75. The van der Waals surface area contributed by atoms with Crippen molar-refractivity contribution in [1.82, 2.24) is 14.8 Å². The van der Waals surface area contributed by atoms with E-state index in [9.17, 15) is 4.79 Å². The molecule has 1 aliphatic rings. The Labute approximate surface area is 185 Å². The standard InChI is InChI=1S/C24H34N4O3/c1-3-9-28(11-4-10-27-12-14-30-15-13-27)18-21-5-7-22(16-19(21)2)31-23-8-6-20(17-26-23)24(25)29/h5-8,16-17H,3-4,9-15,18H2,1-2H3,(H2,25,29). The van der Waals surface area contributed by atoms with Crippen molar-refractivity contribution < 1.29 is 14.3 Å². The number of hydrogen-bond acceptors (Lipinski definition) is 6. The fourth-order valence-electron chi connectivity index (χ4n) is 3.79. The molecule has 7 heteroatoms. The summed E-state index contributed by atoms with van der Waals surface area (Å²) in [5.74, 6) is 0.670. The molecule has 2 heterocycles. The van der Waals surface area contributed by atoms with Gasteiger partial charge in [0.25, 0.3) is 0 Å². The Hall–Kier alpha value is -2.48. The van der Waals surface area contributed by atoms with Crippen molar-refractivity contribution in [3.63, 3.8) is 0 Å². The van der Waals surface area contributed by atoms with Crippen molar-refractivity contribution in [2.75, 3.05) is 45.9 Å². The lowest BCUT2D eigenvalue weighted by atomic mass is 10.1. The summed E-state index contributed by atoms with van der Waals surface area (Å²) in [5.41, 5.74) is 8.12. The van der Waals surface area contributed by atoms with Crippen molar-refractivity contribution >= 4 is 5.91 Å². The van der Waals surface area contributed by atoms with Gasteiger partial charge in [-0.2, -0.15) is 0 Å². The lowest BCUT2D eigenvalue weighted by Gasteiger charge is -2.28. The minimum atomic E-state index is -0.499. The topological polar surface area (TPSA) is 80.9 Å². The van der Waals surface area contributed by atoms with Crippen LogP contribution in [0.3, 0.4) is 0 Å². The number of carbonyl (C=O) groups excluding carboxylic acids is 1. The van der Waals surface area contributed by atoms with Gasteiger partial charge in [-0.1, -0.05) is 13.0 Å². The van der Waals surface area contributed by atoms with E-state index in [1.165, 1.54) is 23.7 Å². The third-order valence-electron chi connectivity index (χ3n) is 5.54. The number of nitrogens with two attached hydrogens (primary N) is 1. The molecule has 31 heavy (non-hydrogen) atoms. The number of primary amides is 1. The van der Waals surface area contributed by atoms with Crippen LogP contribution in [0.1, 0.15) is 41.3 Å². The molecular formula is C24H34N4O3. The maximum atomic E-state index is 11.2. The van der Waals surface area contributed by atoms with Crippen LogP contribution < -0.4 is 10.5 Å². The van der Waals surface area contributed by atoms with E-state index in [1.807, 2.05) is 12.1 Å². The highest BCUT2D eigenvalue weighted by molar-refractivity contribution is 5.92. The smallest absolute Gasteiger partial charge is 0.250 e. The molecule has 7 nitrogen and oxygen atoms in total. The molecular weight excluding hydrogens is 392 g/mol. The van der Waals surface area contributed by atoms with Gasteiger partial charge in [0.1, 0.15) is 5.75 Å². The molecule has 3 rings (SSSR count). The Morgan fingerprint density at radius 1 is 1.23 bits per heavy atom. The number of rotatable bonds is 11. The zero-order valence-corrected chi connectivity index (χ0v) is 18.7. The molecule has 0 bridgehead atoms. The molecule has 1 aliphatic heterocycles. The van der Waals surface area contributed by atoms with Gasteiger partial charge in [-0.15, -0.1) is 0 Å². The molecule has 0 atom stereocenters. The summed E-state index contributed by atoms with van der Waals surface area (Å²) in [6, 6.07) is 9.42. The summed E-state index contributed by atoms with van der Waals surface area (Å²) in [4.78, 5) is 20.3. The van der Waals surface area contributed by atoms with Crippen LogP contribution in [0.5, 0.6) is 11.6 Å². The minimum absolute atomic E-state index is 0.364. The van der Waals surface area contributed by atoms with Crippen molar-refractivity contribution in [3.8, 4) is 11.6 Å². The lowest BCUT2D eigenvalue weighted by molar-refractivity contribution is 0.0360. The predicted molar refractivity (Wildman–Crippen MR) is 121 cm³/mol. The number of benzene rings is 1. The second-order valence-corrected chi connectivity index (χ2v) is 8.02. The van der Waals surface area contributed by atoms with Crippen LogP contribution in [0.2, 0.25) is 0 Å². The zero-order chi connectivity index (χ0) is 22.1. The van der Waals surface area contributed by atoms with E-state index < -0.39 is 5.91 Å². The van der Waals surface area contributed by atoms with E-state index >= 15 is 0 Å². The largest absolute Gasteiger partial charge is 0.439 e. The zero-order valence-electron chi connectivity index (χ0n) is 18.7. The van der Waals surface area contributed by atoms with E-state index in [0.29, 0.717) is 11.4 Å². The van der Waals surface area contributed by atoms with Gasteiger partial charge in [-0.25, -0.2) is 4.98 Å². The molecule has 168 valence electrons. The number of pyridine rings is 1. The van der Waals surface area contributed by atoms with Crippen molar-refractivity contribution in [2.24, 2.45) is 5.73 Å². The van der Waals surface area contributed by atoms with E-state index in [4.69, 9.17) is 15.2 Å². The first-order valence-corrected chi connectivity index (χ1v) is 11.1. The second kappa shape index (κ2) is 11.8. The van der Waals surface area contributed by atoms with Crippen LogP contribution in [-0.4, -0.2) is 66.6 Å². The van der Waals surface area contributed by atoms with Gasteiger partial charge in [-0.05, 0) is 68.7 Å². The van der Waals surface area contributed by atoms with Crippen LogP contribution >= 0.6 is 0 Å². The summed E-state index contributed by atoms with van der Waals surface area (Å²) < 4.78 is 11.3. The van der Waals surface area contributed by atoms with Crippen molar-refractivity contribution in [3.05, 3.63) is 53.2 Å². The maximum absolute atomic E-state index is 11.2. The summed E-state index contributed by atoms with van der Waals surface area (Å²) in [7, 11) is 0. The molecule has 1 saturated heterocycles. The predicted octanol–water partition coefficient (Wildman–Crippen LogP) is 3.22. The number of ether oxygens (including phenoxy) is 2. The average molecular weight is 427 g/mol. The lowest BCUT2D eigenvalue weighted by Crippen LogP contribution is -2.38. The number of carbonyl (C=O) groups is 1. The van der Waals surface area contributed by atoms with Crippen LogP contribution in [0.15, 0.2) is 36.5 Å².